The van der Waals surface area contributed by atoms with Crippen molar-refractivity contribution in [2.45, 2.75) is 76.7 Å². The Morgan fingerprint density at radius 3 is 2.22 bits per heavy atom. The second-order valence-corrected chi connectivity index (χ2v) is 12.4. The number of sulfonamides is 1. The van der Waals surface area contributed by atoms with Crippen molar-refractivity contribution in [3.05, 3.63) is 17.0 Å². The summed E-state index contributed by atoms with van der Waals surface area (Å²) in [6.07, 6.45) is 7.76. The quantitative estimate of drug-likeness (QED) is 0.534. The monoisotopic (exact) mass is 522 g/mol. The fraction of sp³-hybridized carbons (Fsp3) is 0.769. The fourth-order valence-electron chi connectivity index (χ4n) is 6.18. The van der Waals surface area contributed by atoms with E-state index in [0.29, 0.717) is 49.9 Å². The molecule has 1 aromatic heterocycles. The molecule has 4 rings (SSSR count). The number of piperazine rings is 1. The van der Waals surface area contributed by atoms with Gasteiger partial charge in [-0.3, -0.25) is 9.69 Å². The number of nitrogens with zero attached hydrogens (tertiary/aromatic N) is 4. The highest BCUT2D eigenvalue weighted by Gasteiger charge is 2.40. The van der Waals surface area contributed by atoms with Crippen LogP contribution in [0.15, 0.2) is 4.90 Å². The SMILES string of the molecule is CCOC(=O)c1c(S(=O)(=O)N2CCC[C@@H](C(=O)N3CCN(C4CCCCC4)CC3)C2)c(C)n(C)c1C. The Labute approximate surface area is 215 Å². The van der Waals surface area contributed by atoms with Crippen molar-refractivity contribution in [3.63, 3.8) is 0 Å². The number of esters is 1. The molecule has 10 heteroatoms. The molecule has 0 N–H and O–H groups in total. The fourth-order valence-corrected chi connectivity index (χ4v) is 8.18. The molecule has 0 spiro atoms. The number of hydrogen-bond donors (Lipinski definition) is 0. The van der Waals surface area contributed by atoms with E-state index in [-0.39, 0.29) is 35.4 Å². The average molecular weight is 523 g/mol. The molecule has 0 radical (unpaired) electrons. The minimum Gasteiger partial charge on any atom is -0.462 e. The molecule has 1 atom stereocenters. The maximum absolute atomic E-state index is 13.8. The van der Waals surface area contributed by atoms with Crippen LogP contribution in [0.4, 0.5) is 0 Å². The van der Waals surface area contributed by atoms with E-state index in [2.05, 4.69) is 4.90 Å². The van der Waals surface area contributed by atoms with E-state index in [1.54, 1.807) is 32.4 Å². The minimum absolute atomic E-state index is 0.00939. The van der Waals surface area contributed by atoms with Crippen LogP contribution in [0.2, 0.25) is 0 Å². The number of aromatic nitrogens is 1. The summed E-state index contributed by atoms with van der Waals surface area (Å²) in [7, 11) is -2.22. The van der Waals surface area contributed by atoms with E-state index >= 15 is 0 Å². The van der Waals surface area contributed by atoms with Crippen LogP contribution < -0.4 is 0 Å². The van der Waals surface area contributed by atoms with Crippen LogP contribution in [0.25, 0.3) is 0 Å². The van der Waals surface area contributed by atoms with Gasteiger partial charge in [0.2, 0.25) is 15.9 Å². The highest BCUT2D eigenvalue weighted by molar-refractivity contribution is 7.89. The first-order valence-corrected chi connectivity index (χ1v) is 15.0. The van der Waals surface area contributed by atoms with Crippen molar-refractivity contribution in [1.82, 2.24) is 18.7 Å². The van der Waals surface area contributed by atoms with Crippen LogP contribution in [0.1, 0.15) is 73.6 Å². The second kappa shape index (κ2) is 11.2. The lowest BCUT2D eigenvalue weighted by Crippen LogP contribution is -2.55. The van der Waals surface area contributed by atoms with E-state index in [9.17, 15) is 18.0 Å². The van der Waals surface area contributed by atoms with Gasteiger partial charge in [-0.25, -0.2) is 13.2 Å². The highest BCUT2D eigenvalue weighted by Crippen LogP contribution is 2.32. The molecule has 1 aromatic rings. The Bertz CT molecular complexity index is 1070. The first kappa shape index (κ1) is 27.1. The Hall–Kier alpha value is -1.91. The van der Waals surface area contributed by atoms with Gasteiger partial charge in [-0.05, 0) is 46.5 Å². The third-order valence-corrected chi connectivity index (χ3v) is 10.5. The van der Waals surface area contributed by atoms with E-state index in [0.717, 1.165) is 13.1 Å². The highest BCUT2D eigenvalue weighted by atomic mass is 32.2. The first-order valence-electron chi connectivity index (χ1n) is 13.5. The topological polar surface area (TPSA) is 92.2 Å². The van der Waals surface area contributed by atoms with Crippen molar-refractivity contribution in [2.24, 2.45) is 13.0 Å². The molecule has 3 fully saturated rings. The van der Waals surface area contributed by atoms with Gasteiger partial charge < -0.3 is 14.2 Å². The normalized spacial score (nSPS) is 23.1. The van der Waals surface area contributed by atoms with Crippen LogP contribution in [0, 0.1) is 19.8 Å². The largest absolute Gasteiger partial charge is 0.462 e. The number of amides is 1. The zero-order valence-electron chi connectivity index (χ0n) is 22.3. The Kier molecular flexibility index (Phi) is 8.46. The summed E-state index contributed by atoms with van der Waals surface area (Å²) in [5.41, 5.74) is 1.16. The van der Waals surface area contributed by atoms with E-state index in [1.165, 1.54) is 36.4 Å². The lowest BCUT2D eigenvalue weighted by molar-refractivity contribution is -0.138. The van der Waals surface area contributed by atoms with E-state index in [1.807, 2.05) is 4.90 Å². The molecule has 1 saturated carbocycles. The summed E-state index contributed by atoms with van der Waals surface area (Å²) in [4.78, 5) is 30.6. The summed E-state index contributed by atoms with van der Waals surface area (Å²) in [5.74, 6) is -0.923. The van der Waals surface area contributed by atoms with Crippen LogP contribution >= 0.6 is 0 Å². The zero-order chi connectivity index (χ0) is 26.0. The molecule has 3 heterocycles. The van der Waals surface area contributed by atoms with Gasteiger partial charge in [-0.15, -0.1) is 0 Å². The molecule has 1 aliphatic carbocycles. The van der Waals surface area contributed by atoms with Gasteiger partial charge in [0.25, 0.3) is 0 Å². The molecule has 1 amide bonds. The average Bonchev–Trinajstić information content (AvgIpc) is 3.13. The maximum Gasteiger partial charge on any atom is 0.341 e. The lowest BCUT2D eigenvalue weighted by atomic mass is 9.93. The van der Waals surface area contributed by atoms with Crippen molar-refractivity contribution < 1.29 is 22.7 Å². The summed E-state index contributed by atoms with van der Waals surface area (Å²) in [5, 5.41) is 0. The van der Waals surface area contributed by atoms with Gasteiger partial charge in [0, 0.05) is 63.7 Å². The third kappa shape index (κ3) is 5.22. The van der Waals surface area contributed by atoms with E-state index < -0.39 is 16.0 Å². The predicted octanol–water partition coefficient (Wildman–Crippen LogP) is 2.70. The van der Waals surface area contributed by atoms with Crippen molar-refractivity contribution in [3.8, 4) is 0 Å². The minimum atomic E-state index is -3.98. The van der Waals surface area contributed by atoms with Crippen molar-refractivity contribution in [1.29, 1.82) is 0 Å². The predicted molar refractivity (Wildman–Crippen MR) is 137 cm³/mol. The molecule has 202 valence electrons. The zero-order valence-corrected chi connectivity index (χ0v) is 23.1. The van der Waals surface area contributed by atoms with Crippen LogP contribution in [-0.2, 0) is 26.6 Å². The molecule has 0 aromatic carbocycles. The number of piperidine rings is 1. The molecular formula is C26H42N4O5S. The smallest absolute Gasteiger partial charge is 0.341 e. The van der Waals surface area contributed by atoms with Crippen molar-refractivity contribution >= 4 is 21.9 Å². The van der Waals surface area contributed by atoms with Gasteiger partial charge in [-0.2, -0.15) is 4.31 Å². The number of hydrogen-bond acceptors (Lipinski definition) is 6. The molecule has 36 heavy (non-hydrogen) atoms. The van der Waals surface area contributed by atoms with Crippen LogP contribution in [0.5, 0.6) is 0 Å². The summed E-state index contributed by atoms with van der Waals surface area (Å²) in [6.45, 7) is 9.02. The van der Waals surface area contributed by atoms with Gasteiger partial charge in [0.05, 0.1) is 12.5 Å². The third-order valence-electron chi connectivity index (χ3n) is 8.45. The Morgan fingerprint density at radius 1 is 0.917 bits per heavy atom. The van der Waals surface area contributed by atoms with Crippen molar-refractivity contribution in [2.75, 3.05) is 45.9 Å². The summed E-state index contributed by atoms with van der Waals surface area (Å²) >= 11 is 0. The number of carbonyl (C=O) groups is 2. The van der Waals surface area contributed by atoms with Crippen LogP contribution in [-0.4, -0.2) is 90.9 Å². The first-order chi connectivity index (χ1) is 17.2. The molecule has 2 saturated heterocycles. The van der Waals surface area contributed by atoms with Gasteiger partial charge in [0.1, 0.15) is 10.5 Å². The molecule has 9 nitrogen and oxygen atoms in total. The Morgan fingerprint density at radius 2 is 1.58 bits per heavy atom. The van der Waals surface area contributed by atoms with Crippen LogP contribution in [0.3, 0.4) is 0 Å². The standard InChI is InChI=1S/C26H42N4O5S/c1-5-35-26(32)23-19(2)27(4)20(3)24(23)36(33,34)30-13-9-10-21(18-30)25(31)29-16-14-28(15-17-29)22-11-7-6-8-12-22/h21-22H,5-18H2,1-4H3/t21-/m1/s1. The van der Waals surface area contributed by atoms with Gasteiger partial charge in [-0.1, -0.05) is 19.3 Å². The Balaban J connectivity index is 1.47. The number of rotatable bonds is 6. The van der Waals surface area contributed by atoms with Gasteiger partial charge >= 0.3 is 5.97 Å². The molecular weight excluding hydrogens is 480 g/mol. The summed E-state index contributed by atoms with van der Waals surface area (Å²) < 4.78 is 36.0. The number of ether oxygens (including phenoxy) is 1. The van der Waals surface area contributed by atoms with E-state index in [4.69, 9.17) is 4.74 Å². The molecule has 0 bridgehead atoms. The molecule has 3 aliphatic rings. The molecule has 2 aliphatic heterocycles. The second-order valence-electron chi connectivity index (χ2n) is 10.5. The maximum atomic E-state index is 13.8. The summed E-state index contributed by atoms with van der Waals surface area (Å²) in [6, 6.07) is 0.650. The molecule has 0 unspecified atom stereocenters. The lowest BCUT2D eigenvalue weighted by Gasteiger charge is -2.42. The number of carbonyl (C=O) groups excluding carboxylic acids is 2. The van der Waals surface area contributed by atoms with Gasteiger partial charge in [0.15, 0.2) is 0 Å².